The van der Waals surface area contributed by atoms with Gasteiger partial charge >= 0.3 is 0 Å². The Kier molecular flexibility index (Phi) is 6.05. The monoisotopic (exact) mass is 401 g/mol. The molecule has 1 fully saturated rings. The number of carbonyl (C=O) groups is 1. The van der Waals surface area contributed by atoms with E-state index in [4.69, 9.17) is 0 Å². The Bertz CT molecular complexity index is 942. The Balaban J connectivity index is 1.85. The number of carbonyl (C=O) groups excluding carboxylic acids is 1. The average molecular weight is 402 g/mol. The van der Waals surface area contributed by atoms with Crippen molar-refractivity contribution in [3.05, 3.63) is 59.7 Å². The molecular formula is C21H27N3O3S. The van der Waals surface area contributed by atoms with Crippen molar-refractivity contribution in [3.8, 4) is 0 Å². The lowest BCUT2D eigenvalue weighted by Crippen LogP contribution is -2.34. The van der Waals surface area contributed by atoms with Gasteiger partial charge in [-0.2, -0.15) is 0 Å². The van der Waals surface area contributed by atoms with Crippen molar-refractivity contribution < 1.29 is 13.2 Å². The highest BCUT2D eigenvalue weighted by Crippen LogP contribution is 2.23. The highest BCUT2D eigenvalue weighted by molar-refractivity contribution is 7.92. The molecule has 7 heteroatoms. The molecule has 1 aliphatic rings. The maximum absolute atomic E-state index is 13.1. The molecule has 0 atom stereocenters. The standard InChI is InChI=1S/C21H27N3O3S/c1-17-8-10-19(11-9-17)23(3)28(26,27)20-7-4-6-18(16-20)21(25)24-13-5-12-22(2)14-15-24/h4,6-11,16H,5,12-15H2,1-3H3. The van der Waals surface area contributed by atoms with E-state index in [9.17, 15) is 13.2 Å². The molecule has 2 aromatic carbocycles. The van der Waals surface area contributed by atoms with Gasteiger partial charge in [-0.15, -0.1) is 0 Å². The SMILES string of the molecule is Cc1ccc(N(C)S(=O)(=O)c2cccc(C(=O)N3CCCN(C)CC3)c2)cc1. The molecular weight excluding hydrogens is 374 g/mol. The topological polar surface area (TPSA) is 60.9 Å². The first-order chi connectivity index (χ1) is 13.3. The van der Waals surface area contributed by atoms with E-state index in [-0.39, 0.29) is 10.8 Å². The summed E-state index contributed by atoms with van der Waals surface area (Å²) in [6.45, 7) is 5.06. The third-order valence-corrected chi connectivity index (χ3v) is 6.93. The van der Waals surface area contributed by atoms with E-state index in [2.05, 4.69) is 4.90 Å². The minimum absolute atomic E-state index is 0.119. The third kappa shape index (κ3) is 4.36. The molecule has 0 unspecified atom stereocenters. The molecule has 0 saturated carbocycles. The average Bonchev–Trinajstić information content (AvgIpc) is 2.92. The van der Waals surface area contributed by atoms with Crippen molar-refractivity contribution in [2.45, 2.75) is 18.2 Å². The van der Waals surface area contributed by atoms with E-state index in [0.29, 0.717) is 24.3 Å². The number of hydrogen-bond donors (Lipinski definition) is 0. The van der Waals surface area contributed by atoms with Crippen LogP contribution < -0.4 is 4.31 Å². The summed E-state index contributed by atoms with van der Waals surface area (Å²) in [6, 6.07) is 13.6. The first kappa shape index (κ1) is 20.4. The molecule has 2 aromatic rings. The third-order valence-electron chi connectivity index (χ3n) is 5.14. The Morgan fingerprint density at radius 3 is 2.43 bits per heavy atom. The molecule has 0 radical (unpaired) electrons. The van der Waals surface area contributed by atoms with Crippen LogP contribution in [0.15, 0.2) is 53.4 Å². The van der Waals surface area contributed by atoms with Gasteiger partial charge in [0, 0.05) is 32.2 Å². The van der Waals surface area contributed by atoms with E-state index in [1.54, 1.807) is 29.2 Å². The number of hydrogen-bond acceptors (Lipinski definition) is 4. The first-order valence-corrected chi connectivity index (χ1v) is 10.9. The molecule has 28 heavy (non-hydrogen) atoms. The van der Waals surface area contributed by atoms with Gasteiger partial charge in [0.25, 0.3) is 15.9 Å². The van der Waals surface area contributed by atoms with Gasteiger partial charge < -0.3 is 9.80 Å². The summed E-state index contributed by atoms with van der Waals surface area (Å²) in [7, 11) is -0.183. The zero-order valence-electron chi connectivity index (χ0n) is 16.6. The van der Waals surface area contributed by atoms with E-state index in [0.717, 1.165) is 25.1 Å². The molecule has 1 amide bonds. The Morgan fingerprint density at radius 1 is 1.00 bits per heavy atom. The fourth-order valence-electron chi connectivity index (χ4n) is 3.27. The van der Waals surface area contributed by atoms with Crippen molar-refractivity contribution >= 4 is 21.6 Å². The van der Waals surface area contributed by atoms with Crippen LogP contribution in [0.4, 0.5) is 5.69 Å². The zero-order chi connectivity index (χ0) is 20.3. The van der Waals surface area contributed by atoms with Gasteiger partial charge in [-0.25, -0.2) is 8.42 Å². The number of nitrogens with zero attached hydrogens (tertiary/aromatic N) is 3. The molecule has 1 heterocycles. The van der Waals surface area contributed by atoms with E-state index >= 15 is 0 Å². The number of rotatable bonds is 4. The normalized spacial score (nSPS) is 15.9. The van der Waals surface area contributed by atoms with Crippen molar-refractivity contribution in [2.75, 3.05) is 44.6 Å². The van der Waals surface area contributed by atoms with Gasteiger partial charge in [-0.3, -0.25) is 9.10 Å². The number of amides is 1. The Morgan fingerprint density at radius 2 is 1.71 bits per heavy atom. The van der Waals surface area contributed by atoms with Crippen LogP contribution in [0.5, 0.6) is 0 Å². The van der Waals surface area contributed by atoms with Crippen molar-refractivity contribution in [2.24, 2.45) is 0 Å². The highest BCUT2D eigenvalue weighted by Gasteiger charge is 2.24. The summed E-state index contributed by atoms with van der Waals surface area (Å²) < 4.78 is 27.4. The lowest BCUT2D eigenvalue weighted by molar-refractivity contribution is 0.0762. The minimum atomic E-state index is -3.75. The van der Waals surface area contributed by atoms with Gasteiger partial charge in [0.15, 0.2) is 0 Å². The number of benzene rings is 2. The lowest BCUT2D eigenvalue weighted by Gasteiger charge is -2.22. The van der Waals surface area contributed by atoms with Crippen LogP contribution in [0.25, 0.3) is 0 Å². The minimum Gasteiger partial charge on any atom is -0.337 e. The van der Waals surface area contributed by atoms with Crippen LogP contribution in [0, 0.1) is 6.92 Å². The van der Waals surface area contributed by atoms with Crippen LogP contribution in [0.1, 0.15) is 22.3 Å². The molecule has 0 aromatic heterocycles. The fraction of sp³-hybridized carbons (Fsp3) is 0.381. The molecule has 0 spiro atoms. The van der Waals surface area contributed by atoms with Crippen LogP contribution in [-0.2, 0) is 10.0 Å². The number of anilines is 1. The Labute approximate surface area is 167 Å². The summed E-state index contributed by atoms with van der Waals surface area (Å²) in [6.07, 6.45) is 0.913. The molecule has 1 saturated heterocycles. The summed E-state index contributed by atoms with van der Waals surface area (Å²) in [5.74, 6) is -0.120. The van der Waals surface area contributed by atoms with Gasteiger partial charge in [0.2, 0.25) is 0 Å². The number of likely N-dealkylation sites (N-methyl/N-ethyl adjacent to an activating group) is 1. The van der Waals surface area contributed by atoms with Gasteiger partial charge in [-0.05, 0) is 57.3 Å². The fourth-order valence-corrected chi connectivity index (χ4v) is 4.52. The quantitative estimate of drug-likeness (QED) is 0.790. The van der Waals surface area contributed by atoms with Crippen molar-refractivity contribution in [1.29, 1.82) is 0 Å². The second kappa shape index (κ2) is 8.32. The Hall–Kier alpha value is -2.38. The van der Waals surface area contributed by atoms with Crippen LogP contribution >= 0.6 is 0 Å². The van der Waals surface area contributed by atoms with Crippen LogP contribution in [0.3, 0.4) is 0 Å². The molecule has 0 aliphatic carbocycles. The maximum atomic E-state index is 13.1. The molecule has 1 aliphatic heterocycles. The first-order valence-electron chi connectivity index (χ1n) is 9.42. The smallest absolute Gasteiger partial charge is 0.264 e. The van der Waals surface area contributed by atoms with Gasteiger partial charge in [0.1, 0.15) is 0 Å². The van der Waals surface area contributed by atoms with Crippen LogP contribution in [-0.4, -0.2) is 64.4 Å². The lowest BCUT2D eigenvalue weighted by atomic mass is 10.2. The van der Waals surface area contributed by atoms with Gasteiger partial charge in [-0.1, -0.05) is 23.8 Å². The van der Waals surface area contributed by atoms with E-state index in [1.165, 1.54) is 23.5 Å². The van der Waals surface area contributed by atoms with Crippen LogP contribution in [0.2, 0.25) is 0 Å². The second-order valence-electron chi connectivity index (χ2n) is 7.28. The van der Waals surface area contributed by atoms with Crippen molar-refractivity contribution in [1.82, 2.24) is 9.80 Å². The number of aryl methyl sites for hydroxylation is 1. The van der Waals surface area contributed by atoms with Gasteiger partial charge in [0.05, 0.1) is 10.6 Å². The predicted octanol–water partition coefficient (Wildman–Crippen LogP) is 2.60. The maximum Gasteiger partial charge on any atom is 0.264 e. The second-order valence-corrected chi connectivity index (χ2v) is 9.25. The summed E-state index contributed by atoms with van der Waals surface area (Å²) >= 11 is 0. The zero-order valence-corrected chi connectivity index (χ0v) is 17.4. The summed E-state index contributed by atoms with van der Waals surface area (Å²) in [5.41, 5.74) is 2.05. The molecule has 0 N–H and O–H groups in total. The molecule has 150 valence electrons. The molecule has 0 bridgehead atoms. The van der Waals surface area contributed by atoms with E-state index < -0.39 is 10.0 Å². The molecule has 6 nitrogen and oxygen atoms in total. The van der Waals surface area contributed by atoms with Crippen molar-refractivity contribution in [3.63, 3.8) is 0 Å². The summed E-state index contributed by atoms with van der Waals surface area (Å²) in [4.78, 5) is 17.0. The van der Waals surface area contributed by atoms with E-state index in [1.807, 2.05) is 26.1 Å². The largest absolute Gasteiger partial charge is 0.337 e. The molecule has 3 rings (SSSR count). The summed E-state index contributed by atoms with van der Waals surface area (Å²) in [5, 5.41) is 0. The predicted molar refractivity (Wildman–Crippen MR) is 111 cm³/mol. The number of sulfonamides is 1. The highest BCUT2D eigenvalue weighted by atomic mass is 32.2.